The Kier molecular flexibility index (Phi) is 5.29. The van der Waals surface area contributed by atoms with Crippen LogP contribution in [0, 0.1) is 11.8 Å². The molecule has 0 fully saturated rings. The van der Waals surface area contributed by atoms with E-state index in [1.54, 1.807) is 0 Å². The van der Waals surface area contributed by atoms with Crippen LogP contribution in [-0.4, -0.2) is 6.17 Å². The maximum Gasteiger partial charge on any atom is 0.116 e. The molecular formula is C7H14N2. The van der Waals surface area contributed by atoms with Gasteiger partial charge in [-0.3, -0.25) is 0 Å². The summed E-state index contributed by atoms with van der Waals surface area (Å²) in [7, 11) is 0. The van der Waals surface area contributed by atoms with Crippen molar-refractivity contribution in [3.8, 4) is 11.8 Å². The maximum absolute atomic E-state index is 5.18. The summed E-state index contributed by atoms with van der Waals surface area (Å²) in [6.07, 6.45) is 2.78. The third kappa shape index (κ3) is 7.48. The zero-order valence-electron chi connectivity index (χ0n) is 5.85. The van der Waals surface area contributed by atoms with Crippen LogP contribution >= 0.6 is 0 Å². The van der Waals surface area contributed by atoms with Crippen LogP contribution in [0.4, 0.5) is 0 Å². The van der Waals surface area contributed by atoms with Gasteiger partial charge < -0.3 is 11.5 Å². The molecule has 0 aliphatic heterocycles. The average molecular weight is 126 g/mol. The molecule has 52 valence electrons. The molecule has 0 saturated carbocycles. The van der Waals surface area contributed by atoms with Gasteiger partial charge in [0.1, 0.15) is 6.17 Å². The lowest BCUT2D eigenvalue weighted by Gasteiger charge is -1.88. The fraction of sp³-hybridized carbons (Fsp3) is 0.714. The van der Waals surface area contributed by atoms with E-state index < -0.39 is 6.17 Å². The number of nitrogens with two attached hydrogens (primary N) is 2. The van der Waals surface area contributed by atoms with Crippen molar-refractivity contribution < 1.29 is 0 Å². The zero-order valence-corrected chi connectivity index (χ0v) is 5.85. The topological polar surface area (TPSA) is 52.0 Å². The van der Waals surface area contributed by atoms with Gasteiger partial charge >= 0.3 is 0 Å². The second kappa shape index (κ2) is 5.61. The second-order valence-electron chi connectivity index (χ2n) is 1.95. The van der Waals surface area contributed by atoms with E-state index in [0.29, 0.717) is 0 Å². The summed E-state index contributed by atoms with van der Waals surface area (Å²) in [5, 5.41) is 0. The second-order valence-corrected chi connectivity index (χ2v) is 1.95. The Balaban J connectivity index is 3.16. The van der Waals surface area contributed by atoms with Gasteiger partial charge in [0.05, 0.1) is 0 Å². The van der Waals surface area contributed by atoms with Gasteiger partial charge in [-0.15, -0.1) is 5.92 Å². The molecule has 0 heterocycles. The highest BCUT2D eigenvalue weighted by Crippen LogP contribution is 1.89. The predicted octanol–water partition coefficient (Wildman–Crippen LogP) is 0.424. The molecule has 4 N–H and O–H groups in total. The summed E-state index contributed by atoms with van der Waals surface area (Å²) in [6.45, 7) is 2.13. The van der Waals surface area contributed by atoms with E-state index in [2.05, 4.69) is 18.8 Å². The molecule has 0 rings (SSSR count). The molecular weight excluding hydrogens is 112 g/mol. The van der Waals surface area contributed by atoms with Gasteiger partial charge in [0.25, 0.3) is 0 Å². The summed E-state index contributed by atoms with van der Waals surface area (Å²) in [5.74, 6) is 5.57. The zero-order chi connectivity index (χ0) is 7.11. The fourth-order valence-electron chi connectivity index (χ4n) is 0.455. The van der Waals surface area contributed by atoms with Gasteiger partial charge in [-0.2, -0.15) is 0 Å². The van der Waals surface area contributed by atoms with Crippen LogP contribution in [0.25, 0.3) is 0 Å². The molecule has 2 nitrogen and oxygen atoms in total. The van der Waals surface area contributed by atoms with Crippen molar-refractivity contribution in [1.82, 2.24) is 0 Å². The van der Waals surface area contributed by atoms with Gasteiger partial charge in [-0.1, -0.05) is 19.3 Å². The Hall–Kier alpha value is -0.520. The summed E-state index contributed by atoms with van der Waals surface area (Å²) >= 11 is 0. The lowest BCUT2D eigenvalue weighted by atomic mass is 10.2. The van der Waals surface area contributed by atoms with Crippen LogP contribution in [-0.2, 0) is 0 Å². The highest BCUT2D eigenvalue weighted by atomic mass is 14.8. The monoisotopic (exact) mass is 126 g/mol. The molecule has 0 amide bonds. The fourth-order valence-corrected chi connectivity index (χ4v) is 0.455. The molecule has 2 heteroatoms. The standard InChI is InChI=1S/C7H14N2/c1-2-3-4-5-6-7(8)9/h7H,2-4,8-9H2,1H3. The number of hydrogen-bond donors (Lipinski definition) is 2. The van der Waals surface area contributed by atoms with Gasteiger partial charge in [-0.05, 0) is 6.42 Å². The van der Waals surface area contributed by atoms with Gasteiger partial charge in [0.2, 0.25) is 0 Å². The van der Waals surface area contributed by atoms with Crippen LogP contribution < -0.4 is 11.5 Å². The quantitative estimate of drug-likeness (QED) is 0.320. The van der Waals surface area contributed by atoms with E-state index in [0.717, 1.165) is 12.8 Å². The molecule has 0 aliphatic carbocycles. The van der Waals surface area contributed by atoms with Crippen LogP contribution in [0.3, 0.4) is 0 Å². The van der Waals surface area contributed by atoms with Crippen molar-refractivity contribution in [2.75, 3.05) is 0 Å². The Bertz CT molecular complexity index is 108. The smallest absolute Gasteiger partial charge is 0.116 e. The Morgan fingerprint density at radius 2 is 2.11 bits per heavy atom. The van der Waals surface area contributed by atoms with Gasteiger partial charge in [0, 0.05) is 6.42 Å². The Morgan fingerprint density at radius 3 is 2.56 bits per heavy atom. The van der Waals surface area contributed by atoms with Crippen molar-refractivity contribution in [2.24, 2.45) is 11.5 Å². The lowest BCUT2D eigenvalue weighted by Crippen LogP contribution is -2.27. The Morgan fingerprint density at radius 1 is 1.44 bits per heavy atom. The first kappa shape index (κ1) is 8.48. The van der Waals surface area contributed by atoms with Crippen molar-refractivity contribution in [1.29, 1.82) is 0 Å². The predicted molar refractivity (Wildman–Crippen MR) is 39.5 cm³/mol. The van der Waals surface area contributed by atoms with Gasteiger partial charge in [0.15, 0.2) is 0 Å². The third-order valence-electron chi connectivity index (χ3n) is 0.924. The van der Waals surface area contributed by atoms with Crippen LogP contribution in [0.1, 0.15) is 26.2 Å². The average Bonchev–Trinajstić information content (AvgIpc) is 1.80. The number of unbranched alkanes of at least 4 members (excludes halogenated alkanes) is 2. The molecule has 0 unspecified atom stereocenters. The van der Waals surface area contributed by atoms with Crippen LogP contribution in [0.5, 0.6) is 0 Å². The normalized spacial score (nSPS) is 8.89. The third-order valence-corrected chi connectivity index (χ3v) is 0.924. The molecule has 0 aromatic heterocycles. The first-order valence-electron chi connectivity index (χ1n) is 3.27. The SMILES string of the molecule is CCCCC#CC(N)N. The summed E-state index contributed by atoms with van der Waals surface area (Å²) in [4.78, 5) is 0. The van der Waals surface area contributed by atoms with E-state index >= 15 is 0 Å². The minimum Gasteiger partial charge on any atom is -0.306 e. The molecule has 0 aromatic rings. The molecule has 0 saturated heterocycles. The first-order valence-corrected chi connectivity index (χ1v) is 3.27. The highest BCUT2D eigenvalue weighted by molar-refractivity contribution is 5.03. The minimum atomic E-state index is -0.457. The number of hydrogen-bond acceptors (Lipinski definition) is 2. The van der Waals surface area contributed by atoms with E-state index in [-0.39, 0.29) is 0 Å². The maximum atomic E-state index is 5.18. The summed E-state index contributed by atoms with van der Waals surface area (Å²) in [6, 6.07) is 0. The molecule has 0 radical (unpaired) electrons. The van der Waals surface area contributed by atoms with Gasteiger partial charge in [-0.25, -0.2) is 0 Å². The van der Waals surface area contributed by atoms with Crippen LogP contribution in [0.15, 0.2) is 0 Å². The molecule has 9 heavy (non-hydrogen) atoms. The Labute approximate surface area is 56.6 Å². The van der Waals surface area contributed by atoms with Crippen molar-refractivity contribution >= 4 is 0 Å². The molecule has 0 aliphatic rings. The first-order chi connectivity index (χ1) is 4.27. The molecule has 0 spiro atoms. The van der Waals surface area contributed by atoms with E-state index in [4.69, 9.17) is 11.5 Å². The van der Waals surface area contributed by atoms with E-state index in [1.807, 2.05) is 0 Å². The van der Waals surface area contributed by atoms with E-state index in [9.17, 15) is 0 Å². The highest BCUT2D eigenvalue weighted by Gasteiger charge is 1.80. The summed E-state index contributed by atoms with van der Waals surface area (Å²) < 4.78 is 0. The van der Waals surface area contributed by atoms with Crippen molar-refractivity contribution in [2.45, 2.75) is 32.4 Å². The number of rotatable bonds is 2. The lowest BCUT2D eigenvalue weighted by molar-refractivity contribution is 0.824. The molecule has 0 aromatic carbocycles. The largest absolute Gasteiger partial charge is 0.306 e. The summed E-state index contributed by atoms with van der Waals surface area (Å²) in [5.41, 5.74) is 10.4. The van der Waals surface area contributed by atoms with Crippen LogP contribution in [0.2, 0.25) is 0 Å². The molecule has 0 atom stereocenters. The van der Waals surface area contributed by atoms with Crippen molar-refractivity contribution in [3.63, 3.8) is 0 Å². The van der Waals surface area contributed by atoms with Crippen molar-refractivity contribution in [3.05, 3.63) is 0 Å². The molecule has 0 bridgehead atoms. The van der Waals surface area contributed by atoms with E-state index in [1.165, 1.54) is 6.42 Å². The minimum absolute atomic E-state index is 0.457.